The topological polar surface area (TPSA) is 65.1 Å². The molecule has 0 bridgehead atoms. The van der Waals surface area contributed by atoms with Gasteiger partial charge in [-0.3, -0.25) is 9.36 Å². The Labute approximate surface area is 154 Å². The first-order chi connectivity index (χ1) is 12.6. The maximum Gasteiger partial charge on any atom is 0.346 e. The first-order valence-corrected chi connectivity index (χ1v) is 9.71. The summed E-state index contributed by atoms with van der Waals surface area (Å²) >= 11 is 0. The minimum absolute atomic E-state index is 0.0160. The van der Waals surface area contributed by atoms with Crippen molar-refractivity contribution in [2.75, 3.05) is 6.54 Å². The van der Waals surface area contributed by atoms with Crippen molar-refractivity contribution in [1.82, 2.24) is 23.8 Å². The van der Waals surface area contributed by atoms with E-state index >= 15 is 0 Å². The second-order valence-corrected chi connectivity index (χ2v) is 6.84. The molecule has 0 saturated carbocycles. The number of aryl methyl sites for hydroxylation is 1. The second kappa shape index (κ2) is 7.93. The lowest BCUT2D eigenvalue weighted by atomic mass is 10.1. The quantitative estimate of drug-likeness (QED) is 0.761. The second-order valence-electron chi connectivity index (χ2n) is 6.84. The van der Waals surface area contributed by atoms with Crippen LogP contribution in [0.1, 0.15) is 57.6 Å². The van der Waals surface area contributed by atoms with Gasteiger partial charge in [-0.25, -0.2) is 9.48 Å². The molecule has 0 radical (unpaired) electrons. The molecule has 1 unspecified atom stereocenters. The fraction of sp³-hybridized carbons (Fsp3) is 0.632. The lowest BCUT2D eigenvalue weighted by molar-refractivity contribution is -0.135. The lowest BCUT2D eigenvalue weighted by Gasteiger charge is -2.36. The van der Waals surface area contributed by atoms with E-state index in [1.54, 1.807) is 4.57 Å². The normalized spacial score (nSPS) is 16.7. The highest BCUT2D eigenvalue weighted by molar-refractivity contribution is 5.76. The minimum atomic E-state index is -0.180. The van der Waals surface area contributed by atoms with Crippen LogP contribution in [0.3, 0.4) is 0 Å². The van der Waals surface area contributed by atoms with E-state index in [0.717, 1.165) is 38.1 Å². The SMILES string of the molecule is CCCCc1nn(CC(=O)N2CCn3cccc3C2CC)c(=O)n1CC. The summed E-state index contributed by atoms with van der Waals surface area (Å²) in [5.41, 5.74) is 0.988. The highest BCUT2D eigenvalue weighted by Gasteiger charge is 2.30. The molecule has 1 amide bonds. The Morgan fingerprint density at radius 2 is 2.08 bits per heavy atom. The van der Waals surface area contributed by atoms with Crippen molar-refractivity contribution in [3.05, 3.63) is 40.3 Å². The Hall–Kier alpha value is -2.31. The van der Waals surface area contributed by atoms with Crippen molar-refractivity contribution < 1.29 is 4.79 Å². The molecule has 7 heteroatoms. The van der Waals surface area contributed by atoms with Gasteiger partial charge in [0.2, 0.25) is 5.91 Å². The van der Waals surface area contributed by atoms with Gasteiger partial charge in [-0.15, -0.1) is 0 Å². The van der Waals surface area contributed by atoms with E-state index in [-0.39, 0.29) is 24.2 Å². The molecule has 142 valence electrons. The number of fused-ring (bicyclic) bond motifs is 1. The van der Waals surface area contributed by atoms with Crippen LogP contribution in [-0.2, 0) is 30.8 Å². The number of amides is 1. The number of aromatic nitrogens is 4. The van der Waals surface area contributed by atoms with Gasteiger partial charge in [0.1, 0.15) is 12.4 Å². The molecule has 0 spiro atoms. The van der Waals surface area contributed by atoms with Crippen molar-refractivity contribution in [2.24, 2.45) is 0 Å². The highest BCUT2D eigenvalue weighted by Crippen LogP contribution is 2.28. The van der Waals surface area contributed by atoms with Crippen LogP contribution >= 0.6 is 0 Å². The summed E-state index contributed by atoms with van der Waals surface area (Å²) in [6.45, 7) is 8.22. The summed E-state index contributed by atoms with van der Waals surface area (Å²) in [4.78, 5) is 27.5. The summed E-state index contributed by atoms with van der Waals surface area (Å²) in [6.07, 6.45) is 5.74. The van der Waals surface area contributed by atoms with Crippen LogP contribution in [-0.4, -0.2) is 36.3 Å². The smallest absolute Gasteiger partial charge is 0.346 e. The molecule has 26 heavy (non-hydrogen) atoms. The van der Waals surface area contributed by atoms with Crippen LogP contribution in [0.2, 0.25) is 0 Å². The highest BCUT2D eigenvalue weighted by atomic mass is 16.2. The summed E-state index contributed by atoms with van der Waals surface area (Å²) in [7, 11) is 0. The molecule has 0 aliphatic carbocycles. The Kier molecular flexibility index (Phi) is 5.64. The van der Waals surface area contributed by atoms with Gasteiger partial charge < -0.3 is 9.47 Å². The summed E-state index contributed by atoms with van der Waals surface area (Å²) < 4.78 is 5.23. The Bertz CT molecular complexity index is 816. The minimum Gasteiger partial charge on any atom is -0.348 e. The molecule has 0 aromatic carbocycles. The molecule has 7 nitrogen and oxygen atoms in total. The molecule has 1 aliphatic heterocycles. The number of hydrogen-bond acceptors (Lipinski definition) is 3. The maximum atomic E-state index is 13.0. The Morgan fingerprint density at radius 1 is 1.27 bits per heavy atom. The van der Waals surface area contributed by atoms with Crippen molar-refractivity contribution in [1.29, 1.82) is 0 Å². The molecule has 0 saturated heterocycles. The molecule has 0 N–H and O–H groups in total. The predicted molar refractivity (Wildman–Crippen MR) is 100.0 cm³/mol. The number of hydrogen-bond donors (Lipinski definition) is 0. The van der Waals surface area contributed by atoms with Gasteiger partial charge >= 0.3 is 5.69 Å². The third-order valence-electron chi connectivity index (χ3n) is 5.23. The number of rotatable bonds is 7. The third-order valence-corrected chi connectivity index (χ3v) is 5.23. The van der Waals surface area contributed by atoms with Gasteiger partial charge in [0.25, 0.3) is 0 Å². The van der Waals surface area contributed by atoms with Gasteiger partial charge in [0, 0.05) is 37.9 Å². The largest absolute Gasteiger partial charge is 0.348 e. The zero-order valence-corrected chi connectivity index (χ0v) is 16.0. The van der Waals surface area contributed by atoms with E-state index in [1.807, 2.05) is 17.9 Å². The molecular formula is C19H29N5O2. The molecule has 1 aliphatic rings. The van der Waals surface area contributed by atoms with E-state index in [0.29, 0.717) is 13.1 Å². The molecule has 2 aromatic rings. The van der Waals surface area contributed by atoms with E-state index < -0.39 is 0 Å². The van der Waals surface area contributed by atoms with E-state index in [9.17, 15) is 9.59 Å². The zero-order valence-electron chi connectivity index (χ0n) is 16.0. The van der Waals surface area contributed by atoms with Crippen molar-refractivity contribution in [3.8, 4) is 0 Å². The molecule has 0 fully saturated rings. The Morgan fingerprint density at radius 3 is 2.77 bits per heavy atom. The van der Waals surface area contributed by atoms with Gasteiger partial charge in [-0.2, -0.15) is 5.10 Å². The average molecular weight is 359 g/mol. The van der Waals surface area contributed by atoms with Gasteiger partial charge in [-0.1, -0.05) is 20.3 Å². The maximum absolute atomic E-state index is 13.0. The first kappa shape index (κ1) is 18.5. The van der Waals surface area contributed by atoms with Crippen molar-refractivity contribution in [3.63, 3.8) is 0 Å². The molecule has 2 aromatic heterocycles. The number of nitrogens with zero attached hydrogens (tertiary/aromatic N) is 5. The number of unbranched alkanes of at least 4 members (excludes halogenated alkanes) is 1. The van der Waals surface area contributed by atoms with E-state index in [2.05, 4.69) is 35.8 Å². The van der Waals surface area contributed by atoms with Gasteiger partial charge in [0.05, 0.1) is 6.04 Å². The standard InChI is InChI=1S/C19H29N5O2/c1-4-7-10-17-20-24(19(26)22(17)6-3)14-18(25)23-13-12-21-11-8-9-16(21)15(23)5-2/h8-9,11,15H,4-7,10,12-14H2,1-3H3. The van der Waals surface area contributed by atoms with Gasteiger partial charge in [0.15, 0.2) is 0 Å². The number of carbonyl (C=O) groups excluding carboxylic acids is 1. The first-order valence-electron chi connectivity index (χ1n) is 9.71. The third kappa shape index (κ3) is 3.34. The predicted octanol–water partition coefficient (Wildman–Crippen LogP) is 2.20. The van der Waals surface area contributed by atoms with Crippen LogP contribution in [0.4, 0.5) is 0 Å². The van der Waals surface area contributed by atoms with Gasteiger partial charge in [-0.05, 0) is 31.9 Å². The summed E-state index contributed by atoms with van der Waals surface area (Å²) in [6, 6.07) is 4.17. The van der Waals surface area contributed by atoms with E-state index in [4.69, 9.17) is 0 Å². The Balaban J connectivity index is 1.80. The van der Waals surface area contributed by atoms with Crippen molar-refractivity contribution >= 4 is 5.91 Å². The van der Waals surface area contributed by atoms with Crippen molar-refractivity contribution in [2.45, 2.75) is 72.1 Å². The molecule has 1 atom stereocenters. The lowest BCUT2D eigenvalue weighted by Crippen LogP contribution is -2.44. The molecular weight excluding hydrogens is 330 g/mol. The average Bonchev–Trinajstić information content (AvgIpc) is 3.23. The van der Waals surface area contributed by atoms with Crippen LogP contribution in [0.15, 0.2) is 23.1 Å². The number of carbonyl (C=O) groups is 1. The summed E-state index contributed by atoms with van der Waals surface area (Å²) in [5.74, 6) is 0.751. The van der Waals surface area contributed by atoms with Crippen LogP contribution < -0.4 is 5.69 Å². The fourth-order valence-electron chi connectivity index (χ4n) is 3.84. The summed E-state index contributed by atoms with van der Waals surface area (Å²) in [5, 5.41) is 4.45. The van der Waals surface area contributed by atoms with E-state index in [1.165, 1.54) is 10.4 Å². The van der Waals surface area contributed by atoms with Crippen LogP contribution in [0, 0.1) is 0 Å². The van der Waals surface area contributed by atoms with Crippen LogP contribution in [0.5, 0.6) is 0 Å². The fourth-order valence-corrected chi connectivity index (χ4v) is 3.84. The van der Waals surface area contributed by atoms with Crippen LogP contribution in [0.25, 0.3) is 0 Å². The molecule has 3 heterocycles. The molecule has 3 rings (SSSR count). The monoisotopic (exact) mass is 359 g/mol. The zero-order chi connectivity index (χ0) is 18.7.